The first kappa shape index (κ1) is 33.0. The Kier molecular flexibility index (Phi) is 7.98. The molecule has 11 heteroatoms. The van der Waals surface area contributed by atoms with Crippen molar-refractivity contribution in [2.24, 2.45) is 16.7 Å². The van der Waals surface area contributed by atoms with E-state index in [1.165, 1.54) is 19.1 Å². The van der Waals surface area contributed by atoms with Crippen molar-refractivity contribution in [2.45, 2.75) is 89.2 Å². The molecule has 6 rings (SSSR count). The second-order valence-corrected chi connectivity index (χ2v) is 13.9. The van der Waals surface area contributed by atoms with E-state index in [1.54, 1.807) is 69.3 Å². The number of Topliss-reactive ketones (excluding diaryl/α,β-unsaturated/α-hetero) is 1. The second kappa shape index (κ2) is 11.4. The molecule has 9 atom stereocenters. The molecule has 0 spiro atoms. The number of aliphatic hydroxyl groups is 3. The van der Waals surface area contributed by atoms with Crippen LogP contribution in [0.2, 0.25) is 0 Å². The quantitative estimate of drug-likeness (QED) is 0.248. The lowest BCUT2D eigenvalue weighted by molar-refractivity contribution is -0.341. The molecule has 3 fully saturated rings. The number of carbonyl (C=O) groups is 4. The summed E-state index contributed by atoms with van der Waals surface area (Å²) in [4.78, 5) is 55.3. The fourth-order valence-electron chi connectivity index (χ4n) is 8.44. The number of hydrogen-bond donors (Lipinski definition) is 3. The van der Waals surface area contributed by atoms with E-state index in [9.17, 15) is 29.7 Å². The number of fused-ring (bicyclic) bond motifs is 5. The van der Waals surface area contributed by atoms with Gasteiger partial charge in [-0.3, -0.25) is 9.59 Å². The number of esters is 3. The molecule has 3 N–H and O–H groups in total. The van der Waals surface area contributed by atoms with Gasteiger partial charge in [0.15, 0.2) is 17.5 Å². The van der Waals surface area contributed by atoms with Crippen LogP contribution in [-0.2, 0) is 28.5 Å². The summed E-state index contributed by atoms with van der Waals surface area (Å²) in [6.07, 6.45) is -7.52. The highest BCUT2D eigenvalue weighted by atomic mass is 16.6. The van der Waals surface area contributed by atoms with Crippen molar-refractivity contribution in [3.8, 4) is 0 Å². The van der Waals surface area contributed by atoms with E-state index in [-0.39, 0.29) is 36.1 Å². The van der Waals surface area contributed by atoms with Gasteiger partial charge in [-0.05, 0) is 49.3 Å². The molecule has 2 aromatic carbocycles. The van der Waals surface area contributed by atoms with Gasteiger partial charge in [-0.15, -0.1) is 0 Å². The molecule has 11 nitrogen and oxygen atoms in total. The van der Waals surface area contributed by atoms with Crippen molar-refractivity contribution in [2.75, 3.05) is 6.61 Å². The van der Waals surface area contributed by atoms with Crippen molar-refractivity contribution in [1.29, 1.82) is 0 Å². The van der Waals surface area contributed by atoms with Gasteiger partial charge in [0.05, 0.1) is 41.3 Å². The molecular formula is C36H40O11. The second-order valence-electron chi connectivity index (χ2n) is 13.9. The Morgan fingerprint density at radius 3 is 2.00 bits per heavy atom. The van der Waals surface area contributed by atoms with Crippen LogP contribution < -0.4 is 0 Å². The lowest BCUT2D eigenvalue weighted by Crippen LogP contribution is -2.82. The van der Waals surface area contributed by atoms with E-state index >= 15 is 4.79 Å². The number of carbonyl (C=O) groups excluding carboxylic acids is 4. The van der Waals surface area contributed by atoms with Gasteiger partial charge in [0.1, 0.15) is 17.8 Å². The maximum atomic E-state index is 15.1. The van der Waals surface area contributed by atoms with Crippen LogP contribution in [0.3, 0.4) is 0 Å². The molecule has 0 aromatic heterocycles. The standard InChI is InChI=1S/C36H40O11/c1-19-23(38)17-36(43)30(46-31(41)21-12-8-6-9-13-21)28-34(5,29(40)27(45-20(2)37)26(19)33(36,3)4)24(39)16-25-35(28,18-44-25)47-32(42)22-14-10-7-11-15-22/h6-15,23-25,27-28,30,38-39,43H,16-18H2,1-5H3/t23-,24-,25+,27+,28?,30-,34+,35-,36+/m0/s1. The van der Waals surface area contributed by atoms with Crippen LogP contribution in [0.15, 0.2) is 71.8 Å². The zero-order valence-electron chi connectivity index (χ0n) is 27.0. The summed E-state index contributed by atoms with van der Waals surface area (Å²) in [6.45, 7) is 7.21. The smallest absolute Gasteiger partial charge is 0.338 e. The molecule has 1 saturated heterocycles. The van der Waals surface area contributed by atoms with E-state index in [0.717, 1.165) is 6.92 Å². The molecule has 2 aromatic rings. The molecule has 2 saturated carbocycles. The molecule has 0 amide bonds. The number of rotatable bonds is 5. The molecule has 1 aliphatic heterocycles. The predicted molar refractivity (Wildman–Crippen MR) is 165 cm³/mol. The number of benzene rings is 2. The minimum absolute atomic E-state index is 0.143. The topological polar surface area (TPSA) is 166 Å². The van der Waals surface area contributed by atoms with E-state index in [0.29, 0.717) is 5.57 Å². The van der Waals surface area contributed by atoms with Gasteiger partial charge in [0.2, 0.25) is 0 Å². The van der Waals surface area contributed by atoms with E-state index in [1.807, 2.05) is 0 Å². The number of ether oxygens (including phenoxy) is 4. The van der Waals surface area contributed by atoms with Crippen molar-refractivity contribution >= 4 is 23.7 Å². The lowest BCUT2D eigenvalue weighted by Gasteiger charge is -2.67. The van der Waals surface area contributed by atoms with Crippen LogP contribution in [-0.4, -0.2) is 87.3 Å². The van der Waals surface area contributed by atoms with Gasteiger partial charge in [-0.25, -0.2) is 9.59 Å². The number of hydrogen-bond acceptors (Lipinski definition) is 11. The summed E-state index contributed by atoms with van der Waals surface area (Å²) in [7, 11) is 0. The Labute approximate surface area is 272 Å². The summed E-state index contributed by atoms with van der Waals surface area (Å²) in [5.74, 6) is -4.56. The van der Waals surface area contributed by atoms with Crippen molar-refractivity contribution < 1.29 is 53.4 Å². The van der Waals surface area contributed by atoms with Crippen LogP contribution in [0.4, 0.5) is 0 Å². The summed E-state index contributed by atoms with van der Waals surface area (Å²) in [5, 5.41) is 36.4. The fraction of sp³-hybridized carbons (Fsp3) is 0.500. The zero-order chi connectivity index (χ0) is 34.1. The molecule has 47 heavy (non-hydrogen) atoms. The van der Waals surface area contributed by atoms with E-state index in [2.05, 4.69) is 0 Å². The lowest BCUT2D eigenvalue weighted by atomic mass is 9.44. The third-order valence-electron chi connectivity index (χ3n) is 11.2. The minimum Gasteiger partial charge on any atom is -0.455 e. The highest BCUT2D eigenvalue weighted by Crippen LogP contribution is 2.64. The zero-order valence-corrected chi connectivity index (χ0v) is 27.0. The van der Waals surface area contributed by atoms with Gasteiger partial charge in [-0.2, -0.15) is 0 Å². The highest BCUT2D eigenvalue weighted by Gasteiger charge is 2.78. The van der Waals surface area contributed by atoms with Gasteiger partial charge < -0.3 is 34.3 Å². The molecule has 2 bridgehead atoms. The van der Waals surface area contributed by atoms with E-state index < -0.39 is 82.2 Å². The normalized spacial score (nSPS) is 37.2. The molecule has 0 radical (unpaired) electrons. The first-order valence-corrected chi connectivity index (χ1v) is 15.8. The summed E-state index contributed by atoms with van der Waals surface area (Å²) in [5.41, 5.74) is -6.42. The maximum Gasteiger partial charge on any atom is 0.338 e. The molecule has 1 unspecified atom stereocenters. The summed E-state index contributed by atoms with van der Waals surface area (Å²) >= 11 is 0. The number of aliphatic hydroxyl groups excluding tert-OH is 2. The van der Waals surface area contributed by atoms with Gasteiger partial charge in [0, 0.05) is 25.2 Å². The van der Waals surface area contributed by atoms with Gasteiger partial charge in [-0.1, -0.05) is 50.2 Å². The first-order valence-electron chi connectivity index (χ1n) is 15.8. The Bertz CT molecular complexity index is 1630. The molecule has 4 aliphatic rings. The molecular weight excluding hydrogens is 608 g/mol. The summed E-state index contributed by atoms with van der Waals surface area (Å²) in [6, 6.07) is 16.2. The van der Waals surface area contributed by atoms with Gasteiger partial charge >= 0.3 is 17.9 Å². The minimum atomic E-state index is -2.15. The monoisotopic (exact) mass is 648 g/mol. The number of ketones is 1. The summed E-state index contributed by atoms with van der Waals surface area (Å²) < 4.78 is 24.2. The van der Waals surface area contributed by atoms with E-state index in [4.69, 9.17) is 18.9 Å². The maximum absolute atomic E-state index is 15.1. The molecule has 1 heterocycles. The fourth-order valence-corrected chi connectivity index (χ4v) is 8.44. The van der Waals surface area contributed by atoms with Crippen molar-refractivity contribution in [3.63, 3.8) is 0 Å². The predicted octanol–water partition coefficient (Wildman–Crippen LogP) is 2.95. The Morgan fingerprint density at radius 1 is 0.894 bits per heavy atom. The SMILES string of the molecule is CC(=O)O[C@H]1C(=O)[C@@]2(C)C([C@H](OC(=O)c3ccccc3)[C@]3(O)C[C@H](O)C(C)=C1C3(C)C)[C@]1(OC(=O)c3ccccc3)CO[C@@H]1C[C@@H]2O. The van der Waals surface area contributed by atoms with Crippen molar-refractivity contribution in [1.82, 2.24) is 0 Å². The Balaban J connectivity index is 1.63. The highest BCUT2D eigenvalue weighted by molar-refractivity contribution is 5.96. The van der Waals surface area contributed by atoms with Crippen molar-refractivity contribution in [3.05, 3.63) is 82.9 Å². The van der Waals surface area contributed by atoms with Crippen LogP contribution >= 0.6 is 0 Å². The van der Waals surface area contributed by atoms with Crippen LogP contribution in [0, 0.1) is 16.7 Å². The molecule has 3 aliphatic carbocycles. The molecule has 250 valence electrons. The Morgan fingerprint density at radius 2 is 1.47 bits per heavy atom. The third kappa shape index (κ3) is 4.77. The van der Waals surface area contributed by atoms with Crippen LogP contribution in [0.25, 0.3) is 0 Å². The van der Waals surface area contributed by atoms with Crippen LogP contribution in [0.1, 0.15) is 68.2 Å². The Hall–Kier alpha value is -3.90. The largest absolute Gasteiger partial charge is 0.455 e. The van der Waals surface area contributed by atoms with Crippen LogP contribution in [0.5, 0.6) is 0 Å². The average molecular weight is 649 g/mol. The first-order chi connectivity index (χ1) is 22.1. The third-order valence-corrected chi connectivity index (χ3v) is 11.2. The average Bonchev–Trinajstić information content (AvgIpc) is 3.03. The van der Waals surface area contributed by atoms with Gasteiger partial charge in [0.25, 0.3) is 0 Å².